The molecular weight excluding hydrogens is 436 g/mol. The molecule has 5 nitrogen and oxygen atoms in total. The normalized spacial score (nSPS) is 12.9. The molecule has 3 aromatic rings. The highest BCUT2D eigenvalue weighted by Crippen LogP contribution is 2.29. The fraction of sp³-hybridized carbons (Fsp3) is 0.400. The third kappa shape index (κ3) is 6.92. The molecule has 0 spiro atoms. The van der Waals surface area contributed by atoms with Gasteiger partial charge < -0.3 is 19.0 Å². The Kier molecular flexibility index (Phi) is 9.86. The van der Waals surface area contributed by atoms with Crippen LogP contribution in [0.4, 0.5) is 0 Å². The second kappa shape index (κ2) is 13.1. The molecule has 0 N–H and O–H groups in total. The van der Waals surface area contributed by atoms with Gasteiger partial charge in [0.15, 0.2) is 0 Å². The average Bonchev–Trinajstić information content (AvgIpc) is 3.51. The summed E-state index contributed by atoms with van der Waals surface area (Å²) < 4.78 is 8.14. The highest BCUT2D eigenvalue weighted by Gasteiger charge is 2.25. The van der Waals surface area contributed by atoms with E-state index < -0.39 is 0 Å². The van der Waals surface area contributed by atoms with Gasteiger partial charge in [-0.05, 0) is 69.2 Å². The van der Waals surface area contributed by atoms with Gasteiger partial charge in [-0.1, -0.05) is 53.6 Å². The first-order valence-electron chi connectivity index (χ1n) is 12.5. The van der Waals surface area contributed by atoms with Gasteiger partial charge in [0.2, 0.25) is 0 Å². The number of hydrogen-bond donors (Lipinski definition) is 0. The Morgan fingerprint density at radius 3 is 2.31 bits per heavy atom. The number of carbonyl (C=O) groups is 2. The molecule has 0 atom stereocenters. The van der Waals surface area contributed by atoms with E-state index in [4.69, 9.17) is 9.53 Å². The molecule has 1 aliphatic heterocycles. The highest BCUT2D eigenvalue weighted by atomic mass is 16.5. The molecule has 1 aliphatic rings. The molecule has 2 heterocycles. The molecule has 5 heteroatoms. The minimum absolute atomic E-state index is 0.188. The number of carbonyl (C=O) groups excluding carboxylic acids is 2. The van der Waals surface area contributed by atoms with E-state index in [-0.39, 0.29) is 5.91 Å². The Morgan fingerprint density at radius 2 is 1.63 bits per heavy atom. The van der Waals surface area contributed by atoms with Crippen LogP contribution < -0.4 is 0 Å². The van der Waals surface area contributed by atoms with E-state index in [9.17, 15) is 4.79 Å². The van der Waals surface area contributed by atoms with Gasteiger partial charge in [0.05, 0.1) is 12.2 Å². The molecule has 35 heavy (non-hydrogen) atoms. The fourth-order valence-corrected chi connectivity index (χ4v) is 4.79. The maximum Gasteiger partial charge on any atom is 0.255 e. The van der Waals surface area contributed by atoms with Crippen LogP contribution in [0.25, 0.3) is 11.3 Å². The number of aryl methyl sites for hydroxylation is 2. The summed E-state index contributed by atoms with van der Waals surface area (Å²) in [6.45, 7) is 9.36. The van der Waals surface area contributed by atoms with Crippen LogP contribution in [0.15, 0.2) is 54.6 Å². The smallest absolute Gasteiger partial charge is 0.255 e. The van der Waals surface area contributed by atoms with E-state index in [1.165, 1.54) is 22.3 Å². The van der Waals surface area contributed by atoms with Crippen molar-refractivity contribution in [3.8, 4) is 11.3 Å². The zero-order valence-electron chi connectivity index (χ0n) is 21.4. The first-order valence-corrected chi connectivity index (χ1v) is 12.5. The Bertz CT molecular complexity index is 1110. The summed E-state index contributed by atoms with van der Waals surface area (Å²) in [6.07, 6.45) is 5.08. The predicted molar refractivity (Wildman–Crippen MR) is 142 cm³/mol. The molecule has 0 radical (unpaired) electrons. The molecule has 186 valence electrons. The number of hydrogen-bond acceptors (Lipinski definition) is 3. The number of rotatable bonds is 9. The zero-order valence-corrected chi connectivity index (χ0v) is 21.4. The number of benzene rings is 2. The predicted octanol–water partition coefficient (Wildman–Crippen LogP) is 5.90. The lowest BCUT2D eigenvalue weighted by Crippen LogP contribution is -2.28. The molecule has 0 saturated carbocycles. The van der Waals surface area contributed by atoms with E-state index in [0.717, 1.165) is 68.8 Å². The average molecular weight is 475 g/mol. The van der Waals surface area contributed by atoms with Crippen molar-refractivity contribution < 1.29 is 14.3 Å². The molecule has 2 aromatic carbocycles. The lowest BCUT2D eigenvalue weighted by molar-refractivity contribution is -0.0980. The Labute approximate surface area is 209 Å². The summed E-state index contributed by atoms with van der Waals surface area (Å²) in [5.41, 5.74) is 8.01. The standard InChI is InChI=1S/C29H36N2O2.CH2O/c1-22-10-8-12-24(18-22)21-33-17-7-4-14-27-26(29(32)31-15-5-6-16-31)20-28(30(27)3)25-13-9-11-23(2)19-25;1-2/h8-13,18-20H,4-7,14-17,21H2,1-3H3;1H2. The molecule has 1 saturated heterocycles. The Balaban J connectivity index is 0.00000167. The molecule has 1 fully saturated rings. The van der Waals surface area contributed by atoms with Crippen LogP contribution in [-0.2, 0) is 29.6 Å². The van der Waals surface area contributed by atoms with Gasteiger partial charge in [-0.3, -0.25) is 4.79 Å². The van der Waals surface area contributed by atoms with Crippen LogP contribution in [0.1, 0.15) is 58.4 Å². The van der Waals surface area contributed by atoms with Crippen LogP contribution in [0.2, 0.25) is 0 Å². The van der Waals surface area contributed by atoms with Crippen molar-refractivity contribution in [2.24, 2.45) is 7.05 Å². The summed E-state index contributed by atoms with van der Waals surface area (Å²) in [6, 6.07) is 19.1. The monoisotopic (exact) mass is 474 g/mol. The van der Waals surface area contributed by atoms with Crippen LogP contribution >= 0.6 is 0 Å². The van der Waals surface area contributed by atoms with Crippen molar-refractivity contribution in [2.75, 3.05) is 19.7 Å². The first-order chi connectivity index (χ1) is 17.0. The van der Waals surface area contributed by atoms with Crippen molar-refractivity contribution in [1.29, 1.82) is 0 Å². The van der Waals surface area contributed by atoms with Gasteiger partial charge >= 0.3 is 0 Å². The van der Waals surface area contributed by atoms with E-state index >= 15 is 0 Å². The second-order valence-corrected chi connectivity index (χ2v) is 9.32. The van der Waals surface area contributed by atoms with Crippen molar-refractivity contribution in [1.82, 2.24) is 9.47 Å². The summed E-state index contributed by atoms with van der Waals surface area (Å²) in [5, 5.41) is 0. The summed E-state index contributed by atoms with van der Waals surface area (Å²) in [4.78, 5) is 23.4. The fourth-order valence-electron chi connectivity index (χ4n) is 4.79. The maximum absolute atomic E-state index is 13.3. The summed E-state index contributed by atoms with van der Waals surface area (Å²) in [5.74, 6) is 0.188. The van der Waals surface area contributed by atoms with E-state index in [1.807, 2.05) is 11.7 Å². The van der Waals surface area contributed by atoms with Gasteiger partial charge in [0.25, 0.3) is 5.91 Å². The molecule has 0 unspecified atom stereocenters. The largest absolute Gasteiger partial charge is 0.377 e. The number of likely N-dealkylation sites (tertiary alicyclic amines) is 1. The molecule has 1 aromatic heterocycles. The number of amides is 1. The van der Waals surface area contributed by atoms with E-state index in [0.29, 0.717) is 6.61 Å². The topological polar surface area (TPSA) is 51.5 Å². The minimum Gasteiger partial charge on any atom is -0.377 e. The minimum atomic E-state index is 0.188. The summed E-state index contributed by atoms with van der Waals surface area (Å²) in [7, 11) is 2.10. The third-order valence-corrected chi connectivity index (χ3v) is 6.60. The van der Waals surface area contributed by atoms with Gasteiger partial charge in [0.1, 0.15) is 6.79 Å². The van der Waals surface area contributed by atoms with Crippen molar-refractivity contribution in [2.45, 2.75) is 52.6 Å². The number of unbranched alkanes of at least 4 members (excludes halogenated alkanes) is 1. The van der Waals surface area contributed by atoms with E-state index in [2.05, 4.69) is 80.1 Å². The van der Waals surface area contributed by atoms with Crippen LogP contribution in [0.5, 0.6) is 0 Å². The highest BCUT2D eigenvalue weighted by molar-refractivity contribution is 5.97. The molecular formula is C30H38N2O3. The van der Waals surface area contributed by atoms with Crippen LogP contribution in [-0.4, -0.2) is 41.9 Å². The number of ether oxygens (including phenoxy) is 1. The van der Waals surface area contributed by atoms with Crippen molar-refractivity contribution >= 4 is 12.7 Å². The second-order valence-electron chi connectivity index (χ2n) is 9.32. The number of aromatic nitrogens is 1. The van der Waals surface area contributed by atoms with Crippen molar-refractivity contribution in [3.05, 3.63) is 82.5 Å². The quantitative estimate of drug-likeness (QED) is 0.363. The van der Waals surface area contributed by atoms with Gasteiger partial charge in [-0.25, -0.2) is 0 Å². The first kappa shape index (κ1) is 26.4. The Morgan fingerprint density at radius 1 is 0.943 bits per heavy atom. The van der Waals surface area contributed by atoms with Gasteiger partial charge in [-0.15, -0.1) is 0 Å². The lowest BCUT2D eigenvalue weighted by atomic mass is 10.1. The van der Waals surface area contributed by atoms with Gasteiger partial charge in [0, 0.05) is 38.1 Å². The van der Waals surface area contributed by atoms with E-state index in [1.54, 1.807) is 0 Å². The molecule has 0 aliphatic carbocycles. The summed E-state index contributed by atoms with van der Waals surface area (Å²) >= 11 is 0. The lowest BCUT2D eigenvalue weighted by Gasteiger charge is -2.16. The SMILES string of the molecule is C=O.Cc1cccc(COCCCCc2c(C(=O)N3CCCC3)cc(-c3cccc(C)c3)n2C)c1. The van der Waals surface area contributed by atoms with Gasteiger partial charge in [-0.2, -0.15) is 0 Å². The van der Waals surface area contributed by atoms with Crippen LogP contribution in [0.3, 0.4) is 0 Å². The van der Waals surface area contributed by atoms with Crippen LogP contribution in [0, 0.1) is 13.8 Å². The third-order valence-electron chi connectivity index (χ3n) is 6.60. The number of nitrogens with zero attached hydrogens (tertiary/aromatic N) is 2. The Hall–Kier alpha value is -3.18. The molecule has 4 rings (SSSR count). The molecule has 0 bridgehead atoms. The maximum atomic E-state index is 13.3. The van der Waals surface area contributed by atoms with Crippen molar-refractivity contribution in [3.63, 3.8) is 0 Å². The zero-order chi connectivity index (χ0) is 25.2. The molecule has 1 amide bonds.